The van der Waals surface area contributed by atoms with Gasteiger partial charge in [-0.15, -0.1) is 0 Å². The Morgan fingerprint density at radius 2 is 2.24 bits per heavy atom. The van der Waals surface area contributed by atoms with E-state index in [1.54, 1.807) is 19.2 Å². The van der Waals surface area contributed by atoms with Crippen LogP contribution in [0.25, 0.3) is 0 Å². The SMILES string of the molecule is CCN(CC#N)C(=O)c1ccc(C)c(OC)c1. The lowest BCUT2D eigenvalue weighted by molar-refractivity contribution is 0.0784. The van der Waals surface area contributed by atoms with Gasteiger partial charge < -0.3 is 9.64 Å². The number of hydrogen-bond donors (Lipinski definition) is 0. The molecule has 0 unspecified atom stereocenters. The molecule has 0 spiro atoms. The summed E-state index contributed by atoms with van der Waals surface area (Å²) in [5, 5.41) is 8.64. The van der Waals surface area contributed by atoms with Crippen molar-refractivity contribution >= 4 is 5.91 Å². The van der Waals surface area contributed by atoms with Crippen LogP contribution in [-0.4, -0.2) is 31.0 Å². The molecule has 4 nitrogen and oxygen atoms in total. The molecule has 0 saturated carbocycles. The molecule has 0 fully saturated rings. The zero-order valence-corrected chi connectivity index (χ0v) is 10.4. The molecule has 1 aromatic rings. The van der Waals surface area contributed by atoms with Crippen molar-refractivity contribution in [3.05, 3.63) is 29.3 Å². The lowest BCUT2D eigenvalue weighted by Gasteiger charge is -2.17. The summed E-state index contributed by atoms with van der Waals surface area (Å²) in [7, 11) is 1.57. The van der Waals surface area contributed by atoms with Crippen molar-refractivity contribution < 1.29 is 9.53 Å². The van der Waals surface area contributed by atoms with Crippen LogP contribution in [-0.2, 0) is 0 Å². The Hall–Kier alpha value is -2.02. The van der Waals surface area contributed by atoms with E-state index in [2.05, 4.69) is 0 Å². The summed E-state index contributed by atoms with van der Waals surface area (Å²) in [5.74, 6) is 0.538. The molecule has 90 valence electrons. The Balaban J connectivity index is 3.00. The lowest BCUT2D eigenvalue weighted by atomic mass is 10.1. The molecule has 0 bridgehead atoms. The number of amides is 1. The van der Waals surface area contributed by atoms with Crippen LogP contribution in [0, 0.1) is 18.3 Å². The van der Waals surface area contributed by atoms with Crippen molar-refractivity contribution in [2.45, 2.75) is 13.8 Å². The normalized spacial score (nSPS) is 9.53. The summed E-state index contributed by atoms with van der Waals surface area (Å²) in [4.78, 5) is 13.6. The molecule has 17 heavy (non-hydrogen) atoms. The van der Waals surface area contributed by atoms with Gasteiger partial charge in [0.15, 0.2) is 0 Å². The predicted octanol–water partition coefficient (Wildman–Crippen LogP) is 1.99. The van der Waals surface area contributed by atoms with Crippen LogP contribution in [0.4, 0.5) is 0 Å². The van der Waals surface area contributed by atoms with Crippen LogP contribution in [0.2, 0.25) is 0 Å². The number of hydrogen-bond acceptors (Lipinski definition) is 3. The van der Waals surface area contributed by atoms with Gasteiger partial charge in [-0.3, -0.25) is 4.79 Å². The maximum absolute atomic E-state index is 12.1. The lowest BCUT2D eigenvalue weighted by Crippen LogP contribution is -2.31. The topological polar surface area (TPSA) is 53.3 Å². The minimum absolute atomic E-state index is 0.103. The minimum Gasteiger partial charge on any atom is -0.496 e. The number of ether oxygens (including phenoxy) is 1. The van der Waals surface area contributed by atoms with E-state index in [1.165, 1.54) is 4.90 Å². The van der Waals surface area contributed by atoms with E-state index in [0.29, 0.717) is 17.9 Å². The highest BCUT2D eigenvalue weighted by atomic mass is 16.5. The average molecular weight is 232 g/mol. The molecular formula is C13H16N2O2. The summed E-state index contributed by atoms with van der Waals surface area (Å²) < 4.78 is 5.17. The van der Waals surface area contributed by atoms with Crippen LogP contribution >= 0.6 is 0 Å². The first-order chi connectivity index (χ1) is 8.13. The quantitative estimate of drug-likeness (QED) is 0.746. The molecule has 1 aromatic carbocycles. The zero-order valence-electron chi connectivity index (χ0n) is 10.4. The van der Waals surface area contributed by atoms with Gasteiger partial charge in [0, 0.05) is 12.1 Å². The second-order valence-corrected chi connectivity index (χ2v) is 3.66. The maximum Gasteiger partial charge on any atom is 0.254 e. The van der Waals surface area contributed by atoms with Crippen LogP contribution < -0.4 is 4.74 Å². The number of aryl methyl sites for hydroxylation is 1. The number of carbonyl (C=O) groups is 1. The molecule has 0 aliphatic rings. The monoisotopic (exact) mass is 232 g/mol. The highest BCUT2D eigenvalue weighted by molar-refractivity contribution is 5.94. The van der Waals surface area contributed by atoms with Gasteiger partial charge >= 0.3 is 0 Å². The van der Waals surface area contributed by atoms with Gasteiger partial charge in [-0.2, -0.15) is 5.26 Å². The van der Waals surface area contributed by atoms with Gasteiger partial charge in [0.1, 0.15) is 12.3 Å². The van der Waals surface area contributed by atoms with Crippen molar-refractivity contribution in [2.75, 3.05) is 20.2 Å². The van der Waals surface area contributed by atoms with Gasteiger partial charge in [0.25, 0.3) is 5.91 Å². The van der Waals surface area contributed by atoms with E-state index in [-0.39, 0.29) is 12.5 Å². The van der Waals surface area contributed by atoms with Crippen molar-refractivity contribution in [2.24, 2.45) is 0 Å². The van der Waals surface area contributed by atoms with Crippen LogP contribution in [0.3, 0.4) is 0 Å². The fourth-order valence-corrected chi connectivity index (χ4v) is 1.55. The molecule has 0 atom stereocenters. The molecular weight excluding hydrogens is 216 g/mol. The summed E-state index contributed by atoms with van der Waals surface area (Å²) in [6, 6.07) is 7.28. The fraction of sp³-hybridized carbons (Fsp3) is 0.385. The zero-order chi connectivity index (χ0) is 12.8. The molecule has 0 radical (unpaired) electrons. The smallest absolute Gasteiger partial charge is 0.254 e. The molecule has 0 aromatic heterocycles. The van der Waals surface area contributed by atoms with Gasteiger partial charge in [0.2, 0.25) is 0 Å². The highest BCUT2D eigenvalue weighted by Gasteiger charge is 2.14. The third-order valence-electron chi connectivity index (χ3n) is 2.59. The Labute approximate surface area is 101 Å². The standard InChI is InChI=1S/C13H16N2O2/c1-4-15(8-7-14)13(16)11-6-5-10(2)12(9-11)17-3/h5-6,9H,4,8H2,1-3H3. The number of benzene rings is 1. The Morgan fingerprint density at radius 1 is 1.53 bits per heavy atom. The summed E-state index contributed by atoms with van der Waals surface area (Å²) in [5.41, 5.74) is 1.52. The molecule has 0 N–H and O–H groups in total. The van der Waals surface area contributed by atoms with Gasteiger partial charge in [0.05, 0.1) is 13.2 Å². The summed E-state index contributed by atoms with van der Waals surface area (Å²) in [6.07, 6.45) is 0. The van der Waals surface area contributed by atoms with E-state index < -0.39 is 0 Å². The first-order valence-electron chi connectivity index (χ1n) is 5.44. The molecule has 1 amide bonds. The van der Waals surface area contributed by atoms with Crippen molar-refractivity contribution in [1.82, 2.24) is 4.90 Å². The van der Waals surface area contributed by atoms with E-state index in [0.717, 1.165) is 5.56 Å². The van der Waals surface area contributed by atoms with Gasteiger partial charge in [-0.1, -0.05) is 6.07 Å². The third-order valence-corrected chi connectivity index (χ3v) is 2.59. The second kappa shape index (κ2) is 5.90. The predicted molar refractivity (Wildman–Crippen MR) is 64.9 cm³/mol. The fourth-order valence-electron chi connectivity index (χ4n) is 1.55. The number of nitrogens with zero attached hydrogens (tertiary/aromatic N) is 2. The largest absolute Gasteiger partial charge is 0.496 e. The van der Waals surface area contributed by atoms with Gasteiger partial charge in [-0.25, -0.2) is 0 Å². The average Bonchev–Trinajstić information content (AvgIpc) is 2.35. The first-order valence-corrected chi connectivity index (χ1v) is 5.44. The summed E-state index contributed by atoms with van der Waals surface area (Å²) >= 11 is 0. The summed E-state index contributed by atoms with van der Waals surface area (Å²) in [6.45, 7) is 4.38. The number of methoxy groups -OCH3 is 1. The Kier molecular flexibility index (Phi) is 4.53. The number of carbonyl (C=O) groups excluding carboxylic acids is 1. The minimum atomic E-state index is -0.146. The van der Waals surface area contributed by atoms with Gasteiger partial charge in [-0.05, 0) is 31.5 Å². The second-order valence-electron chi connectivity index (χ2n) is 3.66. The highest BCUT2D eigenvalue weighted by Crippen LogP contribution is 2.19. The van der Waals surface area contributed by atoms with E-state index >= 15 is 0 Å². The number of rotatable bonds is 4. The maximum atomic E-state index is 12.1. The Morgan fingerprint density at radius 3 is 2.76 bits per heavy atom. The van der Waals surface area contributed by atoms with Crippen molar-refractivity contribution in [3.63, 3.8) is 0 Å². The molecule has 0 saturated heterocycles. The third kappa shape index (κ3) is 2.97. The molecule has 0 aliphatic carbocycles. The van der Waals surface area contributed by atoms with E-state index in [1.807, 2.05) is 26.0 Å². The van der Waals surface area contributed by atoms with E-state index in [9.17, 15) is 4.79 Å². The van der Waals surface area contributed by atoms with Crippen molar-refractivity contribution in [1.29, 1.82) is 5.26 Å². The van der Waals surface area contributed by atoms with E-state index in [4.69, 9.17) is 10.00 Å². The van der Waals surface area contributed by atoms with Crippen LogP contribution in [0.15, 0.2) is 18.2 Å². The van der Waals surface area contributed by atoms with Crippen LogP contribution in [0.1, 0.15) is 22.8 Å². The molecule has 1 rings (SSSR count). The first kappa shape index (κ1) is 13.0. The molecule has 0 heterocycles. The molecule has 0 aliphatic heterocycles. The molecule has 4 heteroatoms. The number of nitriles is 1. The van der Waals surface area contributed by atoms with Crippen LogP contribution in [0.5, 0.6) is 5.75 Å². The Bertz CT molecular complexity index is 449. The van der Waals surface area contributed by atoms with Crippen molar-refractivity contribution in [3.8, 4) is 11.8 Å².